The number of rotatable bonds is 8. The van der Waals surface area contributed by atoms with Crippen LogP contribution in [0, 0.1) is 0 Å². The molecule has 0 bridgehead atoms. The molecule has 1 aromatic carbocycles. The van der Waals surface area contributed by atoms with Crippen LogP contribution in [0.1, 0.15) is 43.5 Å². The van der Waals surface area contributed by atoms with E-state index in [0.29, 0.717) is 11.4 Å². The number of hydrogen-bond acceptors (Lipinski definition) is 2. The lowest BCUT2D eigenvalue weighted by atomic mass is 10.2. The molecule has 0 spiro atoms. The highest BCUT2D eigenvalue weighted by atomic mass is 35.5. The van der Waals surface area contributed by atoms with E-state index < -0.39 is 0 Å². The van der Waals surface area contributed by atoms with Crippen molar-refractivity contribution in [2.24, 2.45) is 0 Å². The summed E-state index contributed by atoms with van der Waals surface area (Å²) < 4.78 is 5.55. The van der Waals surface area contributed by atoms with Crippen LogP contribution in [0.15, 0.2) is 24.3 Å². The van der Waals surface area contributed by atoms with E-state index in [9.17, 15) is 4.79 Å². The smallest absolute Gasteiger partial charge is 0.251 e. The number of hydrogen-bond donors (Lipinski definition) is 1. The molecule has 3 nitrogen and oxygen atoms in total. The average molecular weight is 284 g/mol. The van der Waals surface area contributed by atoms with Gasteiger partial charge < -0.3 is 10.1 Å². The quantitative estimate of drug-likeness (QED) is 0.585. The largest absolute Gasteiger partial charge is 0.494 e. The van der Waals surface area contributed by atoms with Crippen LogP contribution in [-0.4, -0.2) is 24.4 Å². The first kappa shape index (κ1) is 15.8. The number of halogens is 1. The van der Waals surface area contributed by atoms with Crippen LogP contribution in [-0.2, 0) is 0 Å². The van der Waals surface area contributed by atoms with Crippen molar-refractivity contribution in [3.8, 4) is 5.75 Å². The molecule has 0 radical (unpaired) electrons. The van der Waals surface area contributed by atoms with Crippen molar-refractivity contribution in [3.05, 3.63) is 29.8 Å². The molecule has 0 aliphatic heterocycles. The topological polar surface area (TPSA) is 38.3 Å². The van der Waals surface area contributed by atoms with E-state index >= 15 is 0 Å². The van der Waals surface area contributed by atoms with E-state index in [1.165, 1.54) is 0 Å². The summed E-state index contributed by atoms with van der Waals surface area (Å²) in [5.74, 6) is 1.28. The summed E-state index contributed by atoms with van der Waals surface area (Å²) in [6, 6.07) is 7.31. The minimum absolute atomic E-state index is 0.0716. The molecule has 1 amide bonds. The summed E-state index contributed by atoms with van der Waals surface area (Å²) in [5, 5.41) is 2.90. The second-order valence-corrected chi connectivity index (χ2v) is 4.96. The van der Waals surface area contributed by atoms with Crippen molar-refractivity contribution >= 4 is 17.5 Å². The van der Waals surface area contributed by atoms with Gasteiger partial charge in [0.05, 0.1) is 6.61 Å². The second kappa shape index (κ2) is 8.81. The van der Waals surface area contributed by atoms with Gasteiger partial charge in [-0.2, -0.15) is 0 Å². The predicted octanol–water partition coefficient (Wildman–Crippen LogP) is 3.61. The monoisotopic (exact) mass is 283 g/mol. The Labute approximate surface area is 120 Å². The van der Waals surface area contributed by atoms with E-state index in [4.69, 9.17) is 16.3 Å². The summed E-state index contributed by atoms with van der Waals surface area (Å²) >= 11 is 5.64. The first-order valence-electron chi connectivity index (χ1n) is 6.77. The number of ether oxygens (including phenoxy) is 1. The number of unbranched alkanes of at least 4 members (excludes halogenated alkanes) is 1. The molecule has 106 valence electrons. The Bertz CT molecular complexity index is 378. The van der Waals surface area contributed by atoms with Crippen LogP contribution < -0.4 is 10.1 Å². The summed E-state index contributed by atoms with van der Waals surface area (Å²) in [7, 11) is 0. The van der Waals surface area contributed by atoms with Gasteiger partial charge in [-0.15, -0.1) is 11.6 Å². The number of nitrogens with one attached hydrogen (secondary N) is 1. The normalized spacial score (nSPS) is 11.9. The Balaban J connectivity index is 2.48. The Morgan fingerprint density at radius 3 is 2.63 bits per heavy atom. The maximum absolute atomic E-state index is 11.9. The van der Waals surface area contributed by atoms with Gasteiger partial charge in [0, 0.05) is 17.5 Å². The molecule has 0 fully saturated rings. The fraction of sp³-hybridized carbons (Fsp3) is 0.533. The van der Waals surface area contributed by atoms with Gasteiger partial charge in [0.15, 0.2) is 0 Å². The van der Waals surface area contributed by atoms with Crippen molar-refractivity contribution < 1.29 is 9.53 Å². The number of benzene rings is 1. The molecule has 0 heterocycles. The van der Waals surface area contributed by atoms with E-state index in [0.717, 1.165) is 31.6 Å². The third kappa shape index (κ3) is 5.97. The zero-order valence-corrected chi connectivity index (χ0v) is 12.4. The molecule has 0 aliphatic carbocycles. The summed E-state index contributed by atoms with van der Waals surface area (Å²) in [4.78, 5) is 11.9. The Hall–Kier alpha value is -1.22. The van der Waals surface area contributed by atoms with Gasteiger partial charge in [-0.1, -0.05) is 13.3 Å². The molecule has 0 saturated heterocycles. The van der Waals surface area contributed by atoms with Gasteiger partial charge in [0.1, 0.15) is 5.75 Å². The first-order valence-corrected chi connectivity index (χ1v) is 7.30. The molecule has 1 atom stereocenters. The van der Waals surface area contributed by atoms with Crippen LogP contribution in [0.5, 0.6) is 5.75 Å². The molecule has 1 unspecified atom stereocenters. The van der Waals surface area contributed by atoms with E-state index in [1.807, 2.05) is 19.1 Å². The number of amides is 1. The van der Waals surface area contributed by atoms with Crippen molar-refractivity contribution in [2.45, 2.75) is 39.2 Å². The average Bonchev–Trinajstić information content (AvgIpc) is 2.40. The SMILES string of the molecule is CCCCOc1ccc(C(=O)NC(C)CCCl)cc1. The highest BCUT2D eigenvalue weighted by molar-refractivity contribution is 6.17. The predicted molar refractivity (Wildman–Crippen MR) is 79.1 cm³/mol. The Morgan fingerprint density at radius 1 is 1.37 bits per heavy atom. The lowest BCUT2D eigenvalue weighted by Crippen LogP contribution is -2.32. The molecule has 0 aliphatic rings. The molecule has 4 heteroatoms. The summed E-state index contributed by atoms with van der Waals surface area (Å²) in [5.41, 5.74) is 0.643. The first-order chi connectivity index (χ1) is 9.17. The van der Waals surface area contributed by atoms with Gasteiger partial charge in [-0.3, -0.25) is 4.79 Å². The van der Waals surface area contributed by atoms with Gasteiger partial charge in [0.25, 0.3) is 5.91 Å². The van der Waals surface area contributed by atoms with Crippen LogP contribution >= 0.6 is 11.6 Å². The lowest BCUT2D eigenvalue weighted by molar-refractivity contribution is 0.0939. The lowest BCUT2D eigenvalue weighted by Gasteiger charge is -2.12. The highest BCUT2D eigenvalue weighted by Crippen LogP contribution is 2.13. The molecule has 19 heavy (non-hydrogen) atoms. The zero-order chi connectivity index (χ0) is 14.1. The molecular formula is C15H22ClNO2. The Kier molecular flexibility index (Phi) is 7.34. The molecular weight excluding hydrogens is 262 g/mol. The van der Waals surface area contributed by atoms with Gasteiger partial charge >= 0.3 is 0 Å². The van der Waals surface area contributed by atoms with Crippen LogP contribution in [0.2, 0.25) is 0 Å². The molecule has 1 rings (SSSR count). The minimum Gasteiger partial charge on any atom is -0.494 e. The van der Waals surface area contributed by atoms with Crippen molar-refractivity contribution in [2.75, 3.05) is 12.5 Å². The molecule has 1 N–H and O–H groups in total. The molecule has 1 aromatic rings. The standard InChI is InChI=1S/C15H22ClNO2/c1-3-4-11-19-14-7-5-13(6-8-14)15(18)17-12(2)9-10-16/h5-8,12H,3-4,9-11H2,1-2H3,(H,17,18). The van der Waals surface area contributed by atoms with E-state index in [-0.39, 0.29) is 11.9 Å². The van der Waals surface area contributed by atoms with E-state index in [2.05, 4.69) is 12.2 Å². The fourth-order valence-corrected chi connectivity index (χ4v) is 1.91. The maximum atomic E-state index is 11.9. The molecule has 0 aromatic heterocycles. The van der Waals surface area contributed by atoms with Crippen molar-refractivity contribution in [3.63, 3.8) is 0 Å². The molecule has 0 saturated carbocycles. The van der Waals surface area contributed by atoms with Crippen LogP contribution in [0.4, 0.5) is 0 Å². The van der Waals surface area contributed by atoms with Gasteiger partial charge in [0.2, 0.25) is 0 Å². The fourth-order valence-electron chi connectivity index (χ4n) is 1.58. The minimum atomic E-state index is -0.0716. The van der Waals surface area contributed by atoms with Gasteiger partial charge in [-0.05, 0) is 44.0 Å². The van der Waals surface area contributed by atoms with Crippen molar-refractivity contribution in [1.82, 2.24) is 5.32 Å². The number of carbonyl (C=O) groups excluding carboxylic acids is 1. The van der Waals surface area contributed by atoms with Crippen molar-refractivity contribution in [1.29, 1.82) is 0 Å². The van der Waals surface area contributed by atoms with E-state index in [1.54, 1.807) is 12.1 Å². The third-order valence-electron chi connectivity index (χ3n) is 2.80. The van der Waals surface area contributed by atoms with Crippen LogP contribution in [0.25, 0.3) is 0 Å². The second-order valence-electron chi connectivity index (χ2n) is 4.58. The summed E-state index contributed by atoms with van der Waals surface area (Å²) in [6.07, 6.45) is 2.92. The highest BCUT2D eigenvalue weighted by Gasteiger charge is 2.09. The summed E-state index contributed by atoms with van der Waals surface area (Å²) in [6.45, 7) is 4.79. The van der Waals surface area contributed by atoms with Gasteiger partial charge in [-0.25, -0.2) is 0 Å². The Morgan fingerprint density at radius 2 is 2.05 bits per heavy atom. The number of carbonyl (C=O) groups is 1. The number of alkyl halides is 1. The maximum Gasteiger partial charge on any atom is 0.251 e. The third-order valence-corrected chi connectivity index (χ3v) is 3.02. The zero-order valence-electron chi connectivity index (χ0n) is 11.6. The van der Waals surface area contributed by atoms with Crippen LogP contribution in [0.3, 0.4) is 0 Å².